The first kappa shape index (κ1) is 17.8. The largest absolute Gasteiger partial charge is 0.306 e. The zero-order chi connectivity index (χ0) is 15.4. The van der Waals surface area contributed by atoms with E-state index in [-0.39, 0.29) is 30.2 Å². The maximum atomic E-state index is 13.2. The fourth-order valence-corrected chi connectivity index (χ4v) is 3.41. The number of carbonyl (C=O) groups is 1. The monoisotopic (exact) mass is 355 g/mol. The molecule has 2 heterocycles. The predicted octanol–water partition coefficient (Wildman–Crippen LogP) is 3.38. The molecule has 1 atom stereocenters. The molecule has 1 aromatic carbocycles. The van der Waals surface area contributed by atoms with Gasteiger partial charge in [0.1, 0.15) is 5.82 Å². The van der Waals surface area contributed by atoms with Gasteiger partial charge in [-0.25, -0.2) is 9.37 Å². The predicted molar refractivity (Wildman–Crippen MR) is 92.8 cm³/mol. The van der Waals surface area contributed by atoms with E-state index in [0.717, 1.165) is 36.2 Å². The molecule has 1 aromatic heterocycles. The second-order valence-corrected chi connectivity index (χ2v) is 6.55. The molecule has 23 heavy (non-hydrogen) atoms. The number of rotatable bonds is 4. The Balaban J connectivity index is 0.00000192. The third-order valence-electron chi connectivity index (χ3n) is 3.68. The lowest BCUT2D eigenvalue weighted by molar-refractivity contribution is -0.118. The van der Waals surface area contributed by atoms with Crippen LogP contribution in [0.1, 0.15) is 29.7 Å². The lowest BCUT2D eigenvalue weighted by Crippen LogP contribution is -2.43. The number of piperidine rings is 1. The van der Waals surface area contributed by atoms with Crippen LogP contribution in [0.4, 0.5) is 9.52 Å². The Morgan fingerprint density at radius 1 is 1.43 bits per heavy atom. The molecule has 2 aromatic rings. The van der Waals surface area contributed by atoms with Crippen molar-refractivity contribution in [2.45, 2.75) is 31.7 Å². The van der Waals surface area contributed by atoms with Crippen LogP contribution in [0.3, 0.4) is 0 Å². The van der Waals surface area contributed by atoms with E-state index in [1.807, 2.05) is 6.07 Å². The molecule has 1 aliphatic rings. The molecule has 3 rings (SSSR count). The molecule has 0 aliphatic carbocycles. The third kappa shape index (κ3) is 4.99. The number of hydrogen-bond acceptors (Lipinski definition) is 4. The first-order valence-corrected chi connectivity index (χ1v) is 8.26. The average Bonchev–Trinajstić information content (AvgIpc) is 2.95. The normalized spacial score (nSPS) is 17.3. The van der Waals surface area contributed by atoms with Crippen LogP contribution in [-0.2, 0) is 11.2 Å². The Hall–Kier alpha value is -1.50. The number of benzene rings is 1. The van der Waals surface area contributed by atoms with Crippen molar-refractivity contribution in [1.29, 1.82) is 0 Å². The molecule has 0 bridgehead atoms. The molecule has 4 nitrogen and oxygen atoms in total. The van der Waals surface area contributed by atoms with Crippen molar-refractivity contribution in [1.82, 2.24) is 10.3 Å². The van der Waals surface area contributed by atoms with Gasteiger partial charge >= 0.3 is 0 Å². The first-order chi connectivity index (χ1) is 10.7. The fraction of sp³-hybridized carbons (Fsp3) is 0.375. The molecule has 7 heteroatoms. The molecule has 1 unspecified atom stereocenters. The molecular weight excluding hydrogens is 337 g/mol. The van der Waals surface area contributed by atoms with Gasteiger partial charge in [0.25, 0.3) is 0 Å². The third-order valence-corrected chi connectivity index (χ3v) is 4.59. The highest BCUT2D eigenvalue weighted by molar-refractivity contribution is 7.15. The summed E-state index contributed by atoms with van der Waals surface area (Å²) < 4.78 is 13.2. The molecule has 0 radical (unpaired) electrons. The number of anilines is 1. The Morgan fingerprint density at radius 2 is 2.30 bits per heavy atom. The van der Waals surface area contributed by atoms with Gasteiger partial charge in [-0.2, -0.15) is 0 Å². The van der Waals surface area contributed by atoms with Crippen LogP contribution in [0, 0.1) is 5.82 Å². The molecule has 0 spiro atoms. The van der Waals surface area contributed by atoms with Crippen LogP contribution in [0.25, 0.3) is 0 Å². The Kier molecular flexibility index (Phi) is 6.50. The van der Waals surface area contributed by atoms with Crippen molar-refractivity contribution >= 4 is 34.8 Å². The lowest BCUT2D eigenvalue weighted by Gasteiger charge is -2.21. The number of carbonyl (C=O) groups excluding carboxylic acids is 1. The highest BCUT2D eigenvalue weighted by Gasteiger charge is 2.21. The van der Waals surface area contributed by atoms with E-state index in [4.69, 9.17) is 0 Å². The highest BCUT2D eigenvalue weighted by atomic mass is 35.5. The number of halogens is 2. The topological polar surface area (TPSA) is 54.0 Å². The molecular formula is C16H19ClFN3OS. The van der Waals surface area contributed by atoms with Crippen molar-refractivity contribution in [3.05, 3.63) is 46.7 Å². The van der Waals surface area contributed by atoms with Gasteiger partial charge in [0.05, 0.1) is 6.04 Å². The molecule has 1 amide bonds. The summed E-state index contributed by atoms with van der Waals surface area (Å²) in [6.45, 7) is 0.890. The van der Waals surface area contributed by atoms with Gasteiger partial charge < -0.3 is 10.6 Å². The van der Waals surface area contributed by atoms with Crippen molar-refractivity contribution in [3.8, 4) is 0 Å². The first-order valence-electron chi connectivity index (χ1n) is 7.44. The minimum atomic E-state index is -0.237. The Labute approximate surface area is 144 Å². The van der Waals surface area contributed by atoms with E-state index in [2.05, 4.69) is 15.6 Å². The van der Waals surface area contributed by atoms with Gasteiger partial charge in [0, 0.05) is 17.5 Å². The standard InChI is InChI=1S/C16H18FN3OS.ClH/c17-12-5-3-4-11(8-12)9-13-10-19-16(22-13)20-15(21)14-6-1-2-7-18-14;/h3-5,8,10,14,18H,1-2,6-7,9H2,(H,19,20,21);1H. The summed E-state index contributed by atoms with van der Waals surface area (Å²) in [5, 5.41) is 6.68. The molecule has 0 saturated carbocycles. The van der Waals surface area contributed by atoms with E-state index in [1.54, 1.807) is 12.3 Å². The second kappa shape index (κ2) is 8.38. The van der Waals surface area contributed by atoms with Gasteiger partial charge in [0.15, 0.2) is 5.13 Å². The number of hydrogen-bond donors (Lipinski definition) is 2. The number of aromatic nitrogens is 1. The number of thiazole rings is 1. The molecule has 124 valence electrons. The van der Waals surface area contributed by atoms with Crippen molar-refractivity contribution < 1.29 is 9.18 Å². The SMILES string of the molecule is Cl.O=C(Nc1ncc(Cc2cccc(F)c2)s1)C1CCCCN1. The van der Waals surface area contributed by atoms with Gasteiger partial charge in [-0.05, 0) is 37.1 Å². The van der Waals surface area contributed by atoms with Gasteiger partial charge in [-0.15, -0.1) is 23.7 Å². The summed E-state index contributed by atoms with van der Waals surface area (Å²) >= 11 is 1.43. The Morgan fingerprint density at radius 3 is 3.04 bits per heavy atom. The molecule has 2 N–H and O–H groups in total. The van der Waals surface area contributed by atoms with Crippen LogP contribution >= 0.6 is 23.7 Å². The van der Waals surface area contributed by atoms with Crippen LogP contribution in [0.2, 0.25) is 0 Å². The minimum absolute atomic E-state index is 0. The number of amides is 1. The maximum Gasteiger partial charge on any atom is 0.243 e. The van der Waals surface area contributed by atoms with Gasteiger partial charge in [0.2, 0.25) is 5.91 Å². The van der Waals surface area contributed by atoms with E-state index < -0.39 is 0 Å². The summed E-state index contributed by atoms with van der Waals surface area (Å²) in [5.41, 5.74) is 0.899. The smallest absolute Gasteiger partial charge is 0.243 e. The number of nitrogens with zero attached hydrogens (tertiary/aromatic N) is 1. The van der Waals surface area contributed by atoms with E-state index in [0.29, 0.717) is 11.6 Å². The summed E-state index contributed by atoms with van der Waals surface area (Å²) in [5.74, 6) is -0.259. The van der Waals surface area contributed by atoms with Crippen molar-refractivity contribution in [2.75, 3.05) is 11.9 Å². The molecule has 1 saturated heterocycles. The van der Waals surface area contributed by atoms with Crippen LogP contribution in [0.15, 0.2) is 30.5 Å². The van der Waals surface area contributed by atoms with E-state index in [9.17, 15) is 9.18 Å². The molecule has 1 fully saturated rings. The maximum absolute atomic E-state index is 13.2. The highest BCUT2D eigenvalue weighted by Crippen LogP contribution is 2.22. The summed E-state index contributed by atoms with van der Waals surface area (Å²) in [4.78, 5) is 17.4. The fourth-order valence-electron chi connectivity index (χ4n) is 2.56. The quantitative estimate of drug-likeness (QED) is 0.884. The molecule has 1 aliphatic heterocycles. The lowest BCUT2D eigenvalue weighted by atomic mass is 10.0. The van der Waals surface area contributed by atoms with Crippen molar-refractivity contribution in [3.63, 3.8) is 0 Å². The van der Waals surface area contributed by atoms with Crippen LogP contribution in [-0.4, -0.2) is 23.5 Å². The zero-order valence-corrected chi connectivity index (χ0v) is 14.2. The van der Waals surface area contributed by atoms with Gasteiger partial charge in [-0.3, -0.25) is 4.79 Å². The Bertz CT molecular complexity index is 658. The van der Waals surface area contributed by atoms with Crippen molar-refractivity contribution in [2.24, 2.45) is 0 Å². The van der Waals surface area contributed by atoms with E-state index >= 15 is 0 Å². The summed E-state index contributed by atoms with van der Waals surface area (Å²) in [6, 6.07) is 6.41. The van der Waals surface area contributed by atoms with E-state index in [1.165, 1.54) is 23.5 Å². The van der Waals surface area contributed by atoms with Gasteiger partial charge in [-0.1, -0.05) is 18.6 Å². The van der Waals surface area contributed by atoms with Crippen LogP contribution < -0.4 is 10.6 Å². The zero-order valence-electron chi connectivity index (χ0n) is 12.5. The second-order valence-electron chi connectivity index (χ2n) is 5.43. The minimum Gasteiger partial charge on any atom is -0.306 e. The number of nitrogens with one attached hydrogen (secondary N) is 2. The average molecular weight is 356 g/mol. The summed E-state index contributed by atoms with van der Waals surface area (Å²) in [6.07, 6.45) is 5.42. The van der Waals surface area contributed by atoms with Crippen LogP contribution in [0.5, 0.6) is 0 Å². The summed E-state index contributed by atoms with van der Waals surface area (Å²) in [7, 11) is 0.